The highest BCUT2D eigenvalue weighted by Gasteiger charge is 2.22. The zero-order valence-electron chi connectivity index (χ0n) is 10.2. The minimum absolute atomic E-state index is 0.145. The Bertz CT molecular complexity index is 718. The van der Waals surface area contributed by atoms with Crippen LogP contribution in [0.25, 0.3) is 11.1 Å². The Morgan fingerprint density at radius 1 is 1.00 bits per heavy atom. The molecule has 0 aromatic heterocycles. The zero-order chi connectivity index (χ0) is 14.0. The van der Waals surface area contributed by atoms with Crippen molar-refractivity contribution < 1.29 is 18.3 Å². The molecule has 0 bridgehead atoms. The molecule has 0 aliphatic heterocycles. The van der Waals surface area contributed by atoms with E-state index in [4.69, 9.17) is 5.11 Å². The summed E-state index contributed by atoms with van der Waals surface area (Å²) in [4.78, 5) is 11.0. The van der Waals surface area contributed by atoms with Gasteiger partial charge < -0.3 is 5.11 Å². The maximum atomic E-state index is 11.9. The van der Waals surface area contributed by atoms with E-state index in [0.29, 0.717) is 11.1 Å². The second-order valence-corrected chi connectivity index (χ2v) is 6.08. The van der Waals surface area contributed by atoms with Crippen LogP contribution in [0.3, 0.4) is 0 Å². The predicted octanol–water partition coefficient (Wildman–Crippen LogP) is 2.46. The van der Waals surface area contributed by atoms with Crippen LogP contribution >= 0.6 is 0 Å². The van der Waals surface area contributed by atoms with E-state index in [1.807, 2.05) is 6.07 Å². The van der Waals surface area contributed by atoms with E-state index in [2.05, 4.69) is 0 Å². The van der Waals surface area contributed by atoms with Crippen LogP contribution in [0, 0.1) is 0 Å². The van der Waals surface area contributed by atoms with Gasteiger partial charge in [0.1, 0.15) is 0 Å². The Kier molecular flexibility index (Phi) is 3.40. The highest BCUT2D eigenvalue weighted by atomic mass is 32.2. The third kappa shape index (κ3) is 2.66. The Morgan fingerprint density at radius 2 is 1.63 bits per heavy atom. The number of benzene rings is 2. The number of rotatable bonds is 3. The fourth-order valence-electron chi connectivity index (χ4n) is 1.95. The summed E-state index contributed by atoms with van der Waals surface area (Å²) in [5.41, 5.74) is 0.873. The standard InChI is InChI=1S/C14H12O4S/c1-19(17,18)13-11(10-6-3-2-4-7-10)8-5-9-12(13)14(15)16/h2-9H,1H3,(H,15,16). The van der Waals surface area contributed by atoms with Gasteiger partial charge >= 0.3 is 5.97 Å². The lowest BCUT2D eigenvalue weighted by Crippen LogP contribution is -2.09. The van der Waals surface area contributed by atoms with Crippen molar-refractivity contribution in [1.82, 2.24) is 0 Å². The predicted molar refractivity (Wildman–Crippen MR) is 71.9 cm³/mol. The van der Waals surface area contributed by atoms with Crippen molar-refractivity contribution in [2.24, 2.45) is 0 Å². The van der Waals surface area contributed by atoms with Crippen molar-refractivity contribution in [2.45, 2.75) is 4.90 Å². The molecule has 0 spiro atoms. The van der Waals surface area contributed by atoms with Gasteiger partial charge in [0.05, 0.1) is 10.5 Å². The lowest BCUT2D eigenvalue weighted by atomic mass is 10.0. The average molecular weight is 276 g/mol. The number of hydrogen-bond donors (Lipinski definition) is 1. The van der Waals surface area contributed by atoms with Gasteiger partial charge in [-0.2, -0.15) is 0 Å². The van der Waals surface area contributed by atoms with Crippen molar-refractivity contribution in [3.63, 3.8) is 0 Å². The van der Waals surface area contributed by atoms with E-state index in [1.165, 1.54) is 6.07 Å². The SMILES string of the molecule is CS(=O)(=O)c1c(C(=O)O)cccc1-c1ccccc1. The molecule has 0 fully saturated rings. The highest BCUT2D eigenvalue weighted by molar-refractivity contribution is 7.91. The summed E-state index contributed by atoms with van der Waals surface area (Å²) in [6.07, 6.45) is 1.02. The second kappa shape index (κ2) is 4.85. The molecule has 0 saturated carbocycles. The molecule has 0 amide bonds. The largest absolute Gasteiger partial charge is 0.478 e. The van der Waals surface area contributed by atoms with Crippen LogP contribution < -0.4 is 0 Å². The molecule has 0 aliphatic rings. The average Bonchev–Trinajstić information content (AvgIpc) is 2.38. The first kappa shape index (κ1) is 13.3. The summed E-state index contributed by atoms with van der Waals surface area (Å²) >= 11 is 0. The molecule has 4 nitrogen and oxygen atoms in total. The number of carbonyl (C=O) groups is 1. The van der Waals surface area contributed by atoms with E-state index in [1.54, 1.807) is 36.4 Å². The van der Waals surface area contributed by atoms with Gasteiger partial charge in [-0.05, 0) is 11.6 Å². The van der Waals surface area contributed by atoms with Crippen LogP contribution in [-0.4, -0.2) is 25.7 Å². The van der Waals surface area contributed by atoms with Crippen molar-refractivity contribution in [3.8, 4) is 11.1 Å². The summed E-state index contributed by atoms with van der Waals surface area (Å²) in [5, 5.41) is 9.14. The molecule has 1 N–H and O–H groups in total. The van der Waals surface area contributed by atoms with E-state index in [9.17, 15) is 13.2 Å². The topological polar surface area (TPSA) is 71.4 Å². The molecular formula is C14H12O4S. The molecular weight excluding hydrogens is 264 g/mol. The van der Waals surface area contributed by atoms with Crippen LogP contribution in [0.4, 0.5) is 0 Å². The van der Waals surface area contributed by atoms with Crippen molar-refractivity contribution >= 4 is 15.8 Å². The normalized spacial score (nSPS) is 11.2. The summed E-state index contributed by atoms with van der Waals surface area (Å²) in [5.74, 6) is -1.25. The summed E-state index contributed by atoms with van der Waals surface area (Å²) in [6.45, 7) is 0. The Morgan fingerprint density at radius 3 is 2.16 bits per heavy atom. The van der Waals surface area contributed by atoms with E-state index in [0.717, 1.165) is 6.26 Å². The molecule has 2 rings (SSSR count). The molecule has 0 unspecified atom stereocenters. The first-order chi connectivity index (χ1) is 8.91. The molecule has 19 heavy (non-hydrogen) atoms. The number of carboxylic acids is 1. The van der Waals surface area contributed by atoms with Gasteiger partial charge in [0.2, 0.25) is 0 Å². The zero-order valence-corrected chi connectivity index (χ0v) is 11.0. The van der Waals surface area contributed by atoms with Gasteiger partial charge in [-0.15, -0.1) is 0 Å². The molecule has 5 heteroatoms. The quantitative estimate of drug-likeness (QED) is 0.934. The lowest BCUT2D eigenvalue weighted by Gasteiger charge is -2.11. The summed E-state index contributed by atoms with van der Waals surface area (Å²) in [6, 6.07) is 13.3. The lowest BCUT2D eigenvalue weighted by molar-refractivity contribution is 0.0693. The molecule has 0 aliphatic carbocycles. The van der Waals surface area contributed by atoms with Crippen LogP contribution in [0.15, 0.2) is 53.4 Å². The minimum atomic E-state index is -3.64. The third-order valence-corrected chi connectivity index (χ3v) is 3.88. The second-order valence-electron chi connectivity index (χ2n) is 4.13. The maximum Gasteiger partial charge on any atom is 0.337 e. The van der Waals surface area contributed by atoms with Crippen molar-refractivity contribution in [2.75, 3.05) is 6.26 Å². The summed E-state index contributed by atoms with van der Waals surface area (Å²) in [7, 11) is -3.64. The highest BCUT2D eigenvalue weighted by Crippen LogP contribution is 2.30. The number of hydrogen-bond acceptors (Lipinski definition) is 3. The smallest absolute Gasteiger partial charge is 0.337 e. The minimum Gasteiger partial charge on any atom is -0.478 e. The first-order valence-electron chi connectivity index (χ1n) is 5.53. The van der Waals surface area contributed by atoms with E-state index >= 15 is 0 Å². The molecule has 98 valence electrons. The molecule has 0 saturated heterocycles. The van der Waals surface area contributed by atoms with Gasteiger partial charge in [0, 0.05) is 11.8 Å². The monoisotopic (exact) mass is 276 g/mol. The fourth-order valence-corrected chi connectivity index (χ4v) is 3.09. The van der Waals surface area contributed by atoms with Gasteiger partial charge in [0.15, 0.2) is 9.84 Å². The number of carboxylic acid groups (broad SMARTS) is 1. The van der Waals surface area contributed by atoms with Gasteiger partial charge in [-0.25, -0.2) is 13.2 Å². The first-order valence-corrected chi connectivity index (χ1v) is 7.42. The van der Waals surface area contributed by atoms with Gasteiger partial charge in [0.25, 0.3) is 0 Å². The number of aromatic carboxylic acids is 1. The van der Waals surface area contributed by atoms with E-state index < -0.39 is 15.8 Å². The third-order valence-electron chi connectivity index (χ3n) is 2.70. The Hall–Kier alpha value is -2.14. The molecule has 0 radical (unpaired) electrons. The molecule has 2 aromatic rings. The Balaban J connectivity index is 2.83. The van der Waals surface area contributed by atoms with Gasteiger partial charge in [-0.3, -0.25) is 0 Å². The maximum absolute atomic E-state index is 11.9. The molecule has 0 atom stereocenters. The van der Waals surface area contributed by atoms with Crippen LogP contribution in [-0.2, 0) is 9.84 Å². The summed E-state index contributed by atoms with van der Waals surface area (Å²) < 4.78 is 23.8. The van der Waals surface area contributed by atoms with Crippen LogP contribution in [0.2, 0.25) is 0 Å². The van der Waals surface area contributed by atoms with E-state index in [-0.39, 0.29) is 10.5 Å². The fraction of sp³-hybridized carbons (Fsp3) is 0.0714. The van der Waals surface area contributed by atoms with Crippen LogP contribution in [0.5, 0.6) is 0 Å². The molecule has 0 heterocycles. The molecule has 2 aromatic carbocycles. The Labute approximate surface area is 111 Å². The van der Waals surface area contributed by atoms with Gasteiger partial charge in [-0.1, -0.05) is 42.5 Å². The van der Waals surface area contributed by atoms with Crippen molar-refractivity contribution in [3.05, 3.63) is 54.1 Å². The number of sulfone groups is 1. The van der Waals surface area contributed by atoms with Crippen LogP contribution in [0.1, 0.15) is 10.4 Å². The van der Waals surface area contributed by atoms with Crippen molar-refractivity contribution in [1.29, 1.82) is 0 Å².